The van der Waals surface area contributed by atoms with Crippen molar-refractivity contribution in [1.82, 2.24) is 0 Å². The van der Waals surface area contributed by atoms with E-state index in [1.54, 1.807) is 19.1 Å². The van der Waals surface area contributed by atoms with Crippen LogP contribution >= 0.6 is 0 Å². The lowest BCUT2D eigenvalue weighted by Crippen LogP contribution is -2.44. The van der Waals surface area contributed by atoms with Crippen molar-refractivity contribution in [3.8, 4) is 0 Å². The van der Waals surface area contributed by atoms with Gasteiger partial charge in [-0.05, 0) is 19.1 Å². The Balaban J connectivity index is 2.29. The highest BCUT2D eigenvalue weighted by Crippen LogP contribution is 2.30. The molecule has 1 saturated heterocycles. The average molecular weight is 255 g/mol. The number of morpholine rings is 1. The highest BCUT2D eigenvalue weighted by Gasteiger charge is 2.24. The first-order valence-electron chi connectivity index (χ1n) is 6.07. The van der Waals surface area contributed by atoms with Gasteiger partial charge in [-0.15, -0.1) is 0 Å². The second-order valence-electron chi connectivity index (χ2n) is 4.47. The average Bonchev–Trinajstić information content (AvgIpc) is 2.38. The summed E-state index contributed by atoms with van der Waals surface area (Å²) in [5, 5.41) is 18.8. The van der Waals surface area contributed by atoms with E-state index in [0.717, 1.165) is 0 Å². The number of hydrogen-bond donors (Lipinski definition) is 2. The Morgan fingerprint density at radius 1 is 1.56 bits per heavy atom. The molecule has 1 unspecified atom stereocenters. The van der Waals surface area contributed by atoms with Gasteiger partial charge in [0.2, 0.25) is 0 Å². The first-order valence-corrected chi connectivity index (χ1v) is 6.07. The van der Waals surface area contributed by atoms with E-state index in [1.807, 2.05) is 4.90 Å². The third-order valence-corrected chi connectivity index (χ3v) is 3.13. The van der Waals surface area contributed by atoms with Gasteiger partial charge < -0.3 is 19.8 Å². The molecule has 1 aliphatic rings. The summed E-state index contributed by atoms with van der Waals surface area (Å²) in [7, 11) is 0. The Bertz CT molecular complexity index is 411. The zero-order chi connectivity index (χ0) is 13.1. The van der Waals surface area contributed by atoms with Gasteiger partial charge in [0.15, 0.2) is 0 Å². The van der Waals surface area contributed by atoms with Crippen molar-refractivity contribution < 1.29 is 19.3 Å². The molecule has 0 radical (unpaired) electrons. The lowest BCUT2D eigenvalue weighted by molar-refractivity contribution is 0.00340. The Morgan fingerprint density at radius 2 is 2.33 bits per heavy atom. The molecular formula is C13H18FNO3. The molecule has 2 rings (SSSR count). The fourth-order valence-electron chi connectivity index (χ4n) is 2.26. The molecule has 0 saturated carbocycles. The summed E-state index contributed by atoms with van der Waals surface area (Å²) in [6, 6.07) is 4.75. The zero-order valence-electron chi connectivity index (χ0n) is 10.3. The minimum Gasteiger partial charge on any atom is -0.394 e. The largest absolute Gasteiger partial charge is 0.394 e. The first-order chi connectivity index (χ1) is 8.63. The molecule has 1 fully saturated rings. The minimum atomic E-state index is -0.864. The van der Waals surface area contributed by atoms with E-state index < -0.39 is 11.9 Å². The molecule has 4 nitrogen and oxygen atoms in total. The molecular weight excluding hydrogens is 237 g/mol. The van der Waals surface area contributed by atoms with Crippen molar-refractivity contribution in [3.05, 3.63) is 29.6 Å². The summed E-state index contributed by atoms with van der Waals surface area (Å²) in [6.45, 7) is 3.10. The second kappa shape index (κ2) is 5.65. The Labute approximate surface area is 106 Å². The number of aliphatic hydroxyl groups excluding tert-OH is 2. The van der Waals surface area contributed by atoms with Crippen LogP contribution in [0, 0.1) is 5.82 Å². The Morgan fingerprint density at radius 3 is 3.00 bits per heavy atom. The summed E-state index contributed by atoms with van der Waals surface area (Å²) < 4.78 is 19.1. The molecule has 0 aliphatic carbocycles. The monoisotopic (exact) mass is 255 g/mol. The fourth-order valence-corrected chi connectivity index (χ4v) is 2.26. The van der Waals surface area contributed by atoms with Gasteiger partial charge in [-0.25, -0.2) is 4.39 Å². The first kappa shape index (κ1) is 13.3. The van der Waals surface area contributed by atoms with Gasteiger partial charge in [0.25, 0.3) is 0 Å². The van der Waals surface area contributed by atoms with Crippen molar-refractivity contribution in [3.63, 3.8) is 0 Å². The number of nitrogens with zero attached hydrogens (tertiary/aromatic N) is 1. The molecule has 2 atom stereocenters. The molecule has 1 aromatic rings. The lowest BCUT2D eigenvalue weighted by atomic mass is 10.1. The van der Waals surface area contributed by atoms with Crippen LogP contribution in [0.2, 0.25) is 0 Å². The standard InChI is InChI=1S/C13H18FNO3/c1-9(17)13-11(14)3-2-4-12(13)15-5-6-18-10(7-15)8-16/h2-4,9-10,16-17H,5-8H2,1H3/t9-,10?/m0/s1. The van der Waals surface area contributed by atoms with Crippen molar-refractivity contribution in [2.45, 2.75) is 19.1 Å². The maximum Gasteiger partial charge on any atom is 0.131 e. The third kappa shape index (κ3) is 2.63. The van der Waals surface area contributed by atoms with Crippen LogP contribution in [-0.2, 0) is 4.74 Å². The van der Waals surface area contributed by atoms with Crippen molar-refractivity contribution in [2.24, 2.45) is 0 Å². The van der Waals surface area contributed by atoms with Crippen molar-refractivity contribution >= 4 is 5.69 Å². The van der Waals surface area contributed by atoms with E-state index >= 15 is 0 Å². The van der Waals surface area contributed by atoms with Crippen molar-refractivity contribution in [2.75, 3.05) is 31.2 Å². The minimum absolute atomic E-state index is 0.0597. The third-order valence-electron chi connectivity index (χ3n) is 3.13. The number of hydrogen-bond acceptors (Lipinski definition) is 4. The zero-order valence-corrected chi connectivity index (χ0v) is 10.3. The molecule has 0 amide bonds. The van der Waals surface area contributed by atoms with Crippen molar-refractivity contribution in [1.29, 1.82) is 0 Å². The van der Waals surface area contributed by atoms with Gasteiger partial charge in [-0.2, -0.15) is 0 Å². The lowest BCUT2D eigenvalue weighted by Gasteiger charge is -2.35. The quantitative estimate of drug-likeness (QED) is 0.848. The number of anilines is 1. The van der Waals surface area contributed by atoms with Gasteiger partial charge in [0, 0.05) is 24.3 Å². The molecule has 0 bridgehead atoms. The van der Waals surface area contributed by atoms with Crippen LogP contribution in [0.1, 0.15) is 18.6 Å². The topological polar surface area (TPSA) is 52.9 Å². The normalized spacial score (nSPS) is 22.0. The number of rotatable bonds is 3. The van der Waals surface area contributed by atoms with Gasteiger partial charge in [-0.1, -0.05) is 6.07 Å². The highest BCUT2D eigenvalue weighted by atomic mass is 19.1. The van der Waals surface area contributed by atoms with E-state index in [0.29, 0.717) is 30.9 Å². The van der Waals surface area contributed by atoms with E-state index in [4.69, 9.17) is 9.84 Å². The van der Waals surface area contributed by atoms with E-state index in [9.17, 15) is 9.50 Å². The molecule has 5 heteroatoms. The van der Waals surface area contributed by atoms with Gasteiger partial charge in [0.1, 0.15) is 5.82 Å². The van der Waals surface area contributed by atoms with E-state index in [1.165, 1.54) is 6.07 Å². The predicted octanol–water partition coefficient (Wildman–Crippen LogP) is 1.08. The van der Waals surface area contributed by atoms with E-state index in [-0.39, 0.29) is 12.7 Å². The smallest absolute Gasteiger partial charge is 0.131 e. The second-order valence-corrected chi connectivity index (χ2v) is 4.47. The van der Waals surface area contributed by atoms with Crippen LogP contribution in [0.25, 0.3) is 0 Å². The predicted molar refractivity (Wildman–Crippen MR) is 66.1 cm³/mol. The summed E-state index contributed by atoms with van der Waals surface area (Å²) in [6.07, 6.45) is -1.12. The summed E-state index contributed by atoms with van der Waals surface area (Å²) in [5.41, 5.74) is 0.975. The summed E-state index contributed by atoms with van der Waals surface area (Å²) in [4.78, 5) is 1.94. The van der Waals surface area contributed by atoms with Gasteiger partial charge in [-0.3, -0.25) is 0 Å². The molecule has 1 aliphatic heterocycles. The van der Waals surface area contributed by atoms with Crippen LogP contribution in [0.15, 0.2) is 18.2 Å². The maximum atomic E-state index is 13.8. The fraction of sp³-hybridized carbons (Fsp3) is 0.538. The Hall–Kier alpha value is -1.17. The molecule has 100 valence electrons. The molecule has 2 N–H and O–H groups in total. The van der Waals surface area contributed by atoms with Crippen LogP contribution in [0.5, 0.6) is 0 Å². The van der Waals surface area contributed by atoms with Crippen LogP contribution < -0.4 is 4.90 Å². The highest BCUT2D eigenvalue weighted by molar-refractivity contribution is 5.55. The summed E-state index contributed by atoms with van der Waals surface area (Å²) in [5.74, 6) is -0.408. The number of aliphatic hydroxyl groups is 2. The molecule has 1 aromatic carbocycles. The van der Waals surface area contributed by atoms with Crippen LogP contribution in [0.4, 0.5) is 10.1 Å². The van der Waals surface area contributed by atoms with Gasteiger partial charge in [0.05, 0.1) is 25.4 Å². The maximum absolute atomic E-state index is 13.8. The van der Waals surface area contributed by atoms with E-state index in [2.05, 4.69) is 0 Å². The van der Waals surface area contributed by atoms with Gasteiger partial charge >= 0.3 is 0 Å². The SMILES string of the molecule is C[C@H](O)c1c(F)cccc1N1CCOC(CO)C1. The van der Waals surface area contributed by atoms with Crippen LogP contribution in [0.3, 0.4) is 0 Å². The summed E-state index contributed by atoms with van der Waals surface area (Å²) >= 11 is 0. The number of benzene rings is 1. The number of halogens is 1. The molecule has 18 heavy (non-hydrogen) atoms. The number of ether oxygens (including phenoxy) is 1. The molecule has 0 spiro atoms. The molecule has 0 aromatic heterocycles. The molecule has 1 heterocycles. The van der Waals surface area contributed by atoms with Crippen LogP contribution in [-0.4, -0.2) is 42.6 Å². The Kier molecular flexibility index (Phi) is 4.16.